The molecule has 0 fully saturated rings. The number of carbonyl (C=O) groups is 1. The molecule has 0 heterocycles. The van der Waals surface area contributed by atoms with Crippen molar-refractivity contribution >= 4 is 21.6 Å². The van der Waals surface area contributed by atoms with Crippen LogP contribution < -0.4 is 9.62 Å². The van der Waals surface area contributed by atoms with Gasteiger partial charge >= 0.3 is 0 Å². The lowest BCUT2D eigenvalue weighted by Gasteiger charge is -2.22. The third-order valence-electron chi connectivity index (χ3n) is 3.12. The fourth-order valence-electron chi connectivity index (χ4n) is 1.89. The van der Waals surface area contributed by atoms with E-state index in [0.29, 0.717) is 12.2 Å². The molecule has 0 aliphatic carbocycles. The first-order valence-electron chi connectivity index (χ1n) is 7.15. The highest BCUT2D eigenvalue weighted by Gasteiger charge is 2.18. The van der Waals surface area contributed by atoms with Crippen molar-refractivity contribution in [1.29, 1.82) is 0 Å². The Kier molecular flexibility index (Phi) is 6.68. The minimum atomic E-state index is -3.40. The minimum absolute atomic E-state index is 0.121. The number of nitrogens with zero attached hydrogens (tertiary/aromatic N) is 1. The van der Waals surface area contributed by atoms with E-state index in [9.17, 15) is 13.2 Å². The number of hydrogen-bond donors (Lipinski definition) is 1. The van der Waals surface area contributed by atoms with Crippen molar-refractivity contribution in [3.8, 4) is 0 Å². The van der Waals surface area contributed by atoms with Gasteiger partial charge in [-0.25, -0.2) is 8.42 Å². The van der Waals surface area contributed by atoms with E-state index < -0.39 is 10.0 Å². The Balaban J connectivity index is 2.68. The van der Waals surface area contributed by atoms with Crippen LogP contribution in [0.2, 0.25) is 0 Å². The van der Waals surface area contributed by atoms with Gasteiger partial charge in [-0.3, -0.25) is 9.10 Å². The quantitative estimate of drug-likeness (QED) is 0.747. The molecule has 0 saturated heterocycles. The molecule has 0 aliphatic rings. The smallest absolute Gasteiger partial charge is 0.232 e. The second-order valence-electron chi connectivity index (χ2n) is 5.12. The molecule has 1 N–H and O–H groups in total. The molecule has 118 valence electrons. The Labute approximate surface area is 127 Å². The number of hydrogen-bond acceptors (Lipinski definition) is 3. The van der Waals surface area contributed by atoms with E-state index in [1.165, 1.54) is 4.31 Å². The SMILES string of the molecule is CCCCNC(=O)CCN(c1ccc(C)cc1)S(C)(=O)=O. The Hall–Kier alpha value is -1.56. The van der Waals surface area contributed by atoms with Crippen molar-refractivity contribution in [2.24, 2.45) is 0 Å². The normalized spacial score (nSPS) is 11.2. The van der Waals surface area contributed by atoms with Crippen LogP contribution in [-0.2, 0) is 14.8 Å². The maximum atomic E-state index is 11.9. The van der Waals surface area contributed by atoms with Gasteiger partial charge in [0, 0.05) is 19.5 Å². The molecule has 1 aromatic rings. The summed E-state index contributed by atoms with van der Waals surface area (Å²) in [5, 5.41) is 2.79. The van der Waals surface area contributed by atoms with Crippen LogP contribution in [-0.4, -0.2) is 33.7 Å². The summed E-state index contributed by atoms with van der Waals surface area (Å²) in [6.07, 6.45) is 3.26. The Morgan fingerprint density at radius 1 is 1.24 bits per heavy atom. The number of anilines is 1. The molecule has 1 rings (SSSR count). The van der Waals surface area contributed by atoms with Crippen LogP contribution in [0.15, 0.2) is 24.3 Å². The fourth-order valence-corrected chi connectivity index (χ4v) is 2.82. The average Bonchev–Trinajstić information content (AvgIpc) is 2.40. The number of aryl methyl sites for hydroxylation is 1. The number of rotatable bonds is 8. The van der Waals surface area contributed by atoms with E-state index in [4.69, 9.17) is 0 Å². The molecule has 0 aromatic heterocycles. The van der Waals surface area contributed by atoms with Crippen molar-refractivity contribution in [1.82, 2.24) is 5.32 Å². The largest absolute Gasteiger partial charge is 0.356 e. The Bertz CT molecular complexity index is 553. The van der Waals surface area contributed by atoms with Gasteiger partial charge in [-0.1, -0.05) is 31.0 Å². The summed E-state index contributed by atoms with van der Waals surface area (Å²) < 4.78 is 25.0. The topological polar surface area (TPSA) is 66.5 Å². The van der Waals surface area contributed by atoms with Crippen LogP contribution >= 0.6 is 0 Å². The zero-order valence-electron chi connectivity index (χ0n) is 12.9. The van der Waals surface area contributed by atoms with Gasteiger partial charge in [0.05, 0.1) is 11.9 Å². The number of benzene rings is 1. The van der Waals surface area contributed by atoms with Crippen LogP contribution in [0.25, 0.3) is 0 Å². The van der Waals surface area contributed by atoms with Crippen molar-refractivity contribution in [2.75, 3.05) is 23.7 Å². The van der Waals surface area contributed by atoms with Crippen molar-refractivity contribution < 1.29 is 13.2 Å². The standard InChI is InChI=1S/C15H24N2O3S/c1-4-5-11-16-15(18)10-12-17(21(3,19)20)14-8-6-13(2)7-9-14/h6-9H,4-5,10-12H2,1-3H3,(H,16,18). The molecule has 0 bridgehead atoms. The van der Waals surface area contributed by atoms with Crippen LogP contribution in [0.1, 0.15) is 31.7 Å². The maximum absolute atomic E-state index is 11.9. The lowest BCUT2D eigenvalue weighted by atomic mass is 10.2. The van der Waals surface area contributed by atoms with Gasteiger partial charge < -0.3 is 5.32 Å². The molecule has 1 aromatic carbocycles. The van der Waals surface area contributed by atoms with Gasteiger partial charge in [0.25, 0.3) is 0 Å². The van der Waals surface area contributed by atoms with Crippen LogP contribution in [0.4, 0.5) is 5.69 Å². The molecular weight excluding hydrogens is 288 g/mol. The van der Waals surface area contributed by atoms with Gasteiger partial charge in [-0.2, -0.15) is 0 Å². The van der Waals surface area contributed by atoms with Gasteiger partial charge in [0.15, 0.2) is 0 Å². The summed E-state index contributed by atoms with van der Waals surface area (Å²) in [7, 11) is -3.40. The molecule has 0 unspecified atom stereocenters. The van der Waals surface area contributed by atoms with Crippen molar-refractivity contribution in [3.63, 3.8) is 0 Å². The highest BCUT2D eigenvalue weighted by Crippen LogP contribution is 2.18. The van der Waals surface area contributed by atoms with Crippen LogP contribution in [0.3, 0.4) is 0 Å². The number of amides is 1. The summed E-state index contributed by atoms with van der Waals surface area (Å²) >= 11 is 0. The maximum Gasteiger partial charge on any atom is 0.232 e. The van der Waals surface area contributed by atoms with E-state index in [0.717, 1.165) is 24.7 Å². The van der Waals surface area contributed by atoms with Crippen molar-refractivity contribution in [3.05, 3.63) is 29.8 Å². The van der Waals surface area contributed by atoms with Crippen molar-refractivity contribution in [2.45, 2.75) is 33.1 Å². The highest BCUT2D eigenvalue weighted by atomic mass is 32.2. The number of unbranched alkanes of at least 4 members (excludes halogenated alkanes) is 1. The van der Waals surface area contributed by atoms with E-state index in [2.05, 4.69) is 12.2 Å². The average molecular weight is 312 g/mol. The van der Waals surface area contributed by atoms with E-state index in [-0.39, 0.29) is 18.9 Å². The van der Waals surface area contributed by atoms with E-state index in [1.807, 2.05) is 19.1 Å². The second-order valence-corrected chi connectivity index (χ2v) is 7.03. The van der Waals surface area contributed by atoms with E-state index in [1.54, 1.807) is 12.1 Å². The monoisotopic (exact) mass is 312 g/mol. The molecule has 21 heavy (non-hydrogen) atoms. The molecule has 6 heteroatoms. The highest BCUT2D eigenvalue weighted by molar-refractivity contribution is 7.92. The van der Waals surface area contributed by atoms with Crippen LogP contribution in [0, 0.1) is 6.92 Å². The van der Waals surface area contributed by atoms with Gasteiger partial charge in [0.2, 0.25) is 15.9 Å². The fraction of sp³-hybridized carbons (Fsp3) is 0.533. The first-order valence-corrected chi connectivity index (χ1v) is 9.00. The second kappa shape index (κ2) is 8.02. The summed E-state index contributed by atoms with van der Waals surface area (Å²) in [4.78, 5) is 11.7. The predicted octanol–water partition coefficient (Wildman–Crippen LogP) is 2.07. The molecule has 1 amide bonds. The van der Waals surface area contributed by atoms with Gasteiger partial charge in [-0.05, 0) is 25.5 Å². The zero-order chi connectivity index (χ0) is 15.9. The van der Waals surface area contributed by atoms with Gasteiger partial charge in [-0.15, -0.1) is 0 Å². The molecule has 0 atom stereocenters. The first-order chi connectivity index (χ1) is 9.84. The summed E-state index contributed by atoms with van der Waals surface area (Å²) in [6.45, 7) is 4.78. The molecule has 0 spiro atoms. The number of nitrogens with one attached hydrogen (secondary N) is 1. The molecular formula is C15H24N2O3S. The third-order valence-corrected chi connectivity index (χ3v) is 4.31. The van der Waals surface area contributed by atoms with E-state index >= 15 is 0 Å². The Morgan fingerprint density at radius 2 is 1.86 bits per heavy atom. The molecule has 0 radical (unpaired) electrons. The third kappa shape index (κ3) is 6.16. The minimum Gasteiger partial charge on any atom is -0.356 e. The summed E-state index contributed by atoms with van der Waals surface area (Å²) in [6, 6.07) is 7.22. The Morgan fingerprint density at radius 3 is 2.38 bits per heavy atom. The molecule has 0 aliphatic heterocycles. The first kappa shape index (κ1) is 17.5. The lowest BCUT2D eigenvalue weighted by Crippen LogP contribution is -2.34. The summed E-state index contributed by atoms with van der Waals surface area (Å²) in [5.74, 6) is -0.121. The zero-order valence-corrected chi connectivity index (χ0v) is 13.7. The number of carbonyl (C=O) groups excluding carboxylic acids is 1. The molecule has 5 nitrogen and oxygen atoms in total. The van der Waals surface area contributed by atoms with Gasteiger partial charge in [0.1, 0.15) is 0 Å². The molecule has 0 saturated carbocycles. The van der Waals surface area contributed by atoms with Crippen LogP contribution in [0.5, 0.6) is 0 Å². The lowest BCUT2D eigenvalue weighted by molar-refractivity contribution is -0.120. The predicted molar refractivity (Wildman–Crippen MR) is 85.9 cm³/mol. The summed E-state index contributed by atoms with van der Waals surface area (Å²) in [5.41, 5.74) is 1.65. The number of sulfonamides is 1.